The van der Waals surface area contributed by atoms with Crippen molar-refractivity contribution in [3.8, 4) is 22.5 Å². The topological polar surface area (TPSA) is 84.7 Å². The number of aromatic nitrogens is 1. The second-order valence-corrected chi connectivity index (χ2v) is 11.6. The van der Waals surface area contributed by atoms with Crippen LogP contribution < -0.4 is 5.32 Å². The molecular formula is C37H36ClN3O4. The normalized spacial score (nSPS) is 14.3. The fourth-order valence-electron chi connectivity index (χ4n) is 5.66. The van der Waals surface area contributed by atoms with Gasteiger partial charge in [0.1, 0.15) is 23.8 Å². The minimum Gasteiger partial charge on any atom is -0.460 e. The first-order valence-electron chi connectivity index (χ1n) is 14.8. The Bertz CT molecular complexity index is 1710. The fourth-order valence-corrected chi connectivity index (χ4v) is 5.95. The summed E-state index contributed by atoms with van der Waals surface area (Å²) in [5.74, 6) is 0.745. The Hall–Kier alpha value is -4.72. The molecule has 45 heavy (non-hydrogen) atoms. The molecule has 4 aromatic carbocycles. The van der Waals surface area contributed by atoms with Gasteiger partial charge in [0, 0.05) is 42.8 Å². The molecule has 0 aliphatic carbocycles. The molecule has 1 aromatic heterocycles. The molecule has 230 valence electrons. The van der Waals surface area contributed by atoms with Crippen LogP contribution in [0.1, 0.15) is 35.4 Å². The Labute approximate surface area is 268 Å². The highest BCUT2D eigenvalue weighted by molar-refractivity contribution is 6.31. The highest BCUT2D eigenvalue weighted by Crippen LogP contribution is 2.36. The van der Waals surface area contributed by atoms with E-state index in [2.05, 4.69) is 76.0 Å². The predicted octanol–water partition coefficient (Wildman–Crippen LogP) is 7.89. The number of nitrogens with zero attached hydrogens (tertiary/aromatic N) is 2. The van der Waals surface area contributed by atoms with E-state index in [1.165, 1.54) is 5.56 Å². The molecule has 1 aliphatic heterocycles. The van der Waals surface area contributed by atoms with E-state index in [-0.39, 0.29) is 6.10 Å². The fraction of sp³-hybridized carbons (Fsp3) is 0.216. The van der Waals surface area contributed by atoms with Gasteiger partial charge in [-0.2, -0.15) is 0 Å². The largest absolute Gasteiger partial charge is 0.460 e. The van der Waals surface area contributed by atoms with E-state index in [1.54, 1.807) is 13.0 Å². The van der Waals surface area contributed by atoms with Gasteiger partial charge in [0.05, 0.1) is 5.41 Å². The van der Waals surface area contributed by atoms with Crippen LogP contribution in [0.25, 0.3) is 22.5 Å². The summed E-state index contributed by atoms with van der Waals surface area (Å²) < 4.78 is 10.2. The van der Waals surface area contributed by atoms with Crippen molar-refractivity contribution in [3.63, 3.8) is 0 Å². The van der Waals surface area contributed by atoms with Crippen LogP contribution in [0.5, 0.6) is 0 Å². The third kappa shape index (κ3) is 7.17. The van der Waals surface area contributed by atoms with E-state index < -0.39 is 5.41 Å². The average Bonchev–Trinajstić information content (AvgIpc) is 3.44. The van der Waals surface area contributed by atoms with Crippen LogP contribution in [-0.4, -0.2) is 43.0 Å². The van der Waals surface area contributed by atoms with Gasteiger partial charge in [0.25, 0.3) is 6.47 Å². The van der Waals surface area contributed by atoms with Crippen molar-refractivity contribution in [3.05, 3.63) is 131 Å². The van der Waals surface area contributed by atoms with Crippen molar-refractivity contribution < 1.29 is 18.8 Å². The van der Waals surface area contributed by atoms with Gasteiger partial charge >= 0.3 is 0 Å². The lowest BCUT2D eigenvalue weighted by atomic mass is 9.74. The average molecular weight is 622 g/mol. The number of aldehydes is 1. The first-order chi connectivity index (χ1) is 21.9. The van der Waals surface area contributed by atoms with Gasteiger partial charge in [-0.15, -0.1) is 0 Å². The molecule has 1 atom stereocenters. The lowest BCUT2D eigenvalue weighted by molar-refractivity contribution is -0.133. The zero-order valence-corrected chi connectivity index (χ0v) is 26.3. The number of likely N-dealkylation sites (tertiary alicyclic amines) is 1. The highest BCUT2D eigenvalue weighted by atomic mass is 35.5. The highest BCUT2D eigenvalue weighted by Gasteiger charge is 2.44. The van der Waals surface area contributed by atoms with Gasteiger partial charge in [0.15, 0.2) is 5.76 Å². The minimum absolute atomic E-state index is 0.281. The second-order valence-electron chi connectivity index (χ2n) is 11.2. The minimum atomic E-state index is -0.412. The second kappa shape index (κ2) is 14.4. The van der Waals surface area contributed by atoms with Gasteiger partial charge in [-0.25, -0.2) is 0 Å². The molecule has 0 amide bonds. The molecule has 1 N–H and O–H groups in total. The maximum atomic E-state index is 12.0. The van der Waals surface area contributed by atoms with Crippen LogP contribution in [0.4, 0.5) is 5.69 Å². The van der Waals surface area contributed by atoms with Gasteiger partial charge in [-0.1, -0.05) is 114 Å². The number of hydrogen-bond acceptors (Lipinski definition) is 7. The van der Waals surface area contributed by atoms with Crippen LogP contribution in [0, 0.1) is 6.92 Å². The SMILES string of the molecule is CNc1c(C)noc1-c1ccc(-c2ccc(C3(C=O)CN(Cc4ccccc4)C3)cc2)cc1.C[C@@H](OC=O)c1ccccc1Cl. The smallest absolute Gasteiger partial charge is 0.293 e. The number of carbonyl (C=O) groups is 2. The molecule has 1 saturated heterocycles. The molecular weight excluding hydrogens is 586 g/mol. The van der Waals surface area contributed by atoms with E-state index in [0.717, 1.165) is 70.9 Å². The molecule has 0 saturated carbocycles. The third-order valence-corrected chi connectivity index (χ3v) is 8.49. The molecule has 0 radical (unpaired) electrons. The van der Waals surface area contributed by atoms with Crippen molar-refractivity contribution in [1.29, 1.82) is 0 Å². The Balaban J connectivity index is 0.000000282. The maximum absolute atomic E-state index is 12.0. The quantitative estimate of drug-likeness (QED) is 0.159. The Morgan fingerprint density at radius 2 is 1.51 bits per heavy atom. The van der Waals surface area contributed by atoms with Gasteiger partial charge in [-0.3, -0.25) is 9.69 Å². The van der Waals surface area contributed by atoms with Crippen LogP contribution in [0.3, 0.4) is 0 Å². The first-order valence-corrected chi connectivity index (χ1v) is 15.2. The molecule has 0 spiro atoms. The molecule has 0 unspecified atom stereocenters. The summed E-state index contributed by atoms with van der Waals surface area (Å²) in [4.78, 5) is 24.4. The summed E-state index contributed by atoms with van der Waals surface area (Å²) in [5, 5.41) is 7.83. The number of aryl methyl sites for hydroxylation is 1. The first kappa shape index (κ1) is 31.7. The van der Waals surface area contributed by atoms with Gasteiger partial charge < -0.3 is 19.4 Å². The molecule has 0 bridgehead atoms. The molecule has 6 rings (SSSR count). The number of hydrogen-bond donors (Lipinski definition) is 1. The van der Waals surface area contributed by atoms with Crippen LogP contribution in [-0.2, 0) is 26.3 Å². The monoisotopic (exact) mass is 621 g/mol. The number of carbonyl (C=O) groups excluding carboxylic acids is 2. The van der Waals surface area contributed by atoms with Crippen molar-refractivity contribution >= 4 is 30.0 Å². The molecule has 7 nitrogen and oxygen atoms in total. The van der Waals surface area contributed by atoms with Crippen LogP contribution >= 0.6 is 11.6 Å². The van der Waals surface area contributed by atoms with Crippen molar-refractivity contribution in [2.45, 2.75) is 31.9 Å². The van der Waals surface area contributed by atoms with E-state index in [9.17, 15) is 9.59 Å². The molecule has 1 fully saturated rings. The van der Waals surface area contributed by atoms with E-state index in [1.807, 2.05) is 50.4 Å². The number of nitrogens with one attached hydrogen (secondary N) is 1. The molecule has 5 aromatic rings. The van der Waals surface area contributed by atoms with Crippen molar-refractivity contribution in [2.24, 2.45) is 0 Å². The summed E-state index contributed by atoms with van der Waals surface area (Å²) >= 11 is 5.86. The maximum Gasteiger partial charge on any atom is 0.293 e. The van der Waals surface area contributed by atoms with Gasteiger partial charge in [0.2, 0.25) is 0 Å². The lowest BCUT2D eigenvalue weighted by Crippen LogP contribution is -2.59. The number of halogens is 1. The van der Waals surface area contributed by atoms with Crippen molar-refractivity contribution in [1.82, 2.24) is 10.1 Å². The van der Waals surface area contributed by atoms with Crippen molar-refractivity contribution in [2.75, 3.05) is 25.5 Å². The summed E-state index contributed by atoms with van der Waals surface area (Å²) in [5.41, 5.74) is 7.74. The zero-order valence-electron chi connectivity index (χ0n) is 25.6. The predicted molar refractivity (Wildman–Crippen MR) is 178 cm³/mol. The Morgan fingerprint density at radius 3 is 2.11 bits per heavy atom. The zero-order chi connectivity index (χ0) is 31.8. The lowest BCUT2D eigenvalue weighted by Gasteiger charge is -2.47. The number of ether oxygens (including phenoxy) is 1. The summed E-state index contributed by atoms with van der Waals surface area (Å²) in [6, 6.07) is 34.3. The number of rotatable bonds is 10. The molecule has 8 heteroatoms. The number of anilines is 1. The summed E-state index contributed by atoms with van der Waals surface area (Å²) in [7, 11) is 1.87. The summed E-state index contributed by atoms with van der Waals surface area (Å²) in [6.07, 6.45) is 0.841. The third-order valence-electron chi connectivity index (χ3n) is 8.14. The summed E-state index contributed by atoms with van der Waals surface area (Å²) in [6.45, 7) is 6.50. The van der Waals surface area contributed by atoms with E-state index in [0.29, 0.717) is 11.5 Å². The Kier molecular flexibility index (Phi) is 10.1. The van der Waals surface area contributed by atoms with E-state index >= 15 is 0 Å². The standard InChI is InChI=1S/C28H27N3O2.C9H9ClO2/c1-20-26(29-2)27(33-30-20)24-10-8-22(9-11-24)23-12-14-25(15-13-23)28(19-32)17-31(18-28)16-21-6-4-3-5-7-21;1-7(12-6-11)8-4-2-3-5-9(8)10/h3-15,19,29H,16-18H2,1-2H3;2-7H,1H3/t;7-/m.1/s1. The van der Waals surface area contributed by atoms with Gasteiger partial charge in [-0.05, 0) is 42.2 Å². The molecule has 2 heterocycles. The number of benzene rings is 4. The van der Waals surface area contributed by atoms with Crippen LogP contribution in [0.2, 0.25) is 5.02 Å². The Morgan fingerprint density at radius 1 is 0.911 bits per heavy atom. The van der Waals surface area contributed by atoms with E-state index in [4.69, 9.17) is 20.9 Å². The molecule has 1 aliphatic rings. The van der Waals surface area contributed by atoms with Crippen LogP contribution in [0.15, 0.2) is 108 Å².